The summed E-state index contributed by atoms with van der Waals surface area (Å²) in [7, 11) is -3.57. The van der Waals surface area contributed by atoms with E-state index in [0.717, 1.165) is 31.2 Å². The van der Waals surface area contributed by atoms with E-state index in [-0.39, 0.29) is 10.5 Å². The number of piperidine rings is 1. The summed E-state index contributed by atoms with van der Waals surface area (Å²) in [5.74, 6) is -0.447. The van der Waals surface area contributed by atoms with Crippen LogP contribution in [0.5, 0.6) is 0 Å². The van der Waals surface area contributed by atoms with Gasteiger partial charge in [0, 0.05) is 18.7 Å². The highest BCUT2D eigenvalue weighted by molar-refractivity contribution is 7.89. The van der Waals surface area contributed by atoms with Crippen molar-refractivity contribution in [1.29, 1.82) is 0 Å². The number of aryl methyl sites for hydroxylation is 1. The first kappa shape index (κ1) is 20.2. The van der Waals surface area contributed by atoms with E-state index in [1.807, 2.05) is 24.3 Å². The fourth-order valence-corrected chi connectivity index (χ4v) is 4.68. The maximum Gasteiger partial charge on any atom is 0.271 e. The number of carbonyl (C=O) groups is 1. The number of hydrazone groups is 1. The molecule has 6 nitrogen and oxygen atoms in total. The molecule has 3 rings (SSSR count). The highest BCUT2D eigenvalue weighted by Gasteiger charge is 2.26. The van der Waals surface area contributed by atoms with Crippen LogP contribution in [-0.2, 0) is 16.4 Å². The molecule has 2 aromatic carbocycles. The van der Waals surface area contributed by atoms with E-state index < -0.39 is 15.9 Å². The summed E-state index contributed by atoms with van der Waals surface area (Å²) in [6, 6.07) is 14.0. The minimum absolute atomic E-state index is 0.140. The average Bonchev–Trinajstić information content (AvgIpc) is 2.75. The molecular weight excluding hydrogens is 374 g/mol. The molecule has 0 bridgehead atoms. The lowest BCUT2D eigenvalue weighted by Gasteiger charge is -2.25. The Morgan fingerprint density at radius 2 is 1.82 bits per heavy atom. The van der Waals surface area contributed by atoms with Gasteiger partial charge in [0.05, 0.1) is 11.1 Å². The highest BCUT2D eigenvalue weighted by atomic mass is 32.2. The van der Waals surface area contributed by atoms with Crippen LogP contribution in [0.15, 0.2) is 58.5 Å². The molecule has 0 aromatic heterocycles. The molecule has 0 radical (unpaired) electrons. The zero-order valence-electron chi connectivity index (χ0n) is 16.0. The molecule has 0 aliphatic carbocycles. The molecule has 7 heteroatoms. The standard InChI is InChI=1S/C21H25N3O3S/c1-2-17-9-11-18(12-10-17)16-22-23-21(25)19-7-6-8-20(15-19)28(26,27)24-13-4-3-5-14-24/h6-12,15-16H,2-5,13-14H2,1H3,(H,23,25)/b22-16-. The van der Waals surface area contributed by atoms with Gasteiger partial charge < -0.3 is 0 Å². The van der Waals surface area contributed by atoms with E-state index >= 15 is 0 Å². The normalized spacial score (nSPS) is 15.6. The SMILES string of the molecule is CCc1ccc(/C=N\NC(=O)c2cccc(S(=O)(=O)N3CCCCC3)c2)cc1. The zero-order valence-corrected chi connectivity index (χ0v) is 16.8. The van der Waals surface area contributed by atoms with Crippen molar-refractivity contribution in [2.75, 3.05) is 13.1 Å². The van der Waals surface area contributed by atoms with E-state index in [4.69, 9.17) is 0 Å². The maximum absolute atomic E-state index is 12.8. The lowest BCUT2D eigenvalue weighted by Crippen LogP contribution is -2.35. The van der Waals surface area contributed by atoms with Gasteiger partial charge in [-0.2, -0.15) is 9.41 Å². The van der Waals surface area contributed by atoms with Crippen molar-refractivity contribution < 1.29 is 13.2 Å². The topological polar surface area (TPSA) is 78.8 Å². The van der Waals surface area contributed by atoms with E-state index in [1.165, 1.54) is 22.0 Å². The molecule has 1 fully saturated rings. The molecular formula is C21H25N3O3S. The number of nitrogens with one attached hydrogen (secondary N) is 1. The summed E-state index contributed by atoms with van der Waals surface area (Å²) < 4.78 is 27.0. The first-order chi connectivity index (χ1) is 13.5. The van der Waals surface area contributed by atoms with Gasteiger partial charge >= 0.3 is 0 Å². The third-order valence-corrected chi connectivity index (χ3v) is 6.71. The summed E-state index contributed by atoms with van der Waals surface area (Å²) in [4.78, 5) is 12.5. The van der Waals surface area contributed by atoms with Crippen molar-refractivity contribution in [3.63, 3.8) is 0 Å². The molecule has 0 saturated carbocycles. The van der Waals surface area contributed by atoms with Gasteiger partial charge in [-0.1, -0.05) is 43.7 Å². The largest absolute Gasteiger partial charge is 0.271 e. The van der Waals surface area contributed by atoms with Crippen LogP contribution in [0, 0.1) is 0 Å². The number of hydrogen-bond acceptors (Lipinski definition) is 4. The summed E-state index contributed by atoms with van der Waals surface area (Å²) in [6.45, 7) is 3.14. The molecule has 1 aliphatic heterocycles. The van der Waals surface area contributed by atoms with Gasteiger partial charge in [0.2, 0.25) is 10.0 Å². The Morgan fingerprint density at radius 3 is 2.50 bits per heavy atom. The van der Waals surface area contributed by atoms with Crippen LogP contribution in [-0.4, -0.2) is 37.9 Å². The van der Waals surface area contributed by atoms with Crippen LogP contribution in [0.1, 0.15) is 47.7 Å². The van der Waals surface area contributed by atoms with Crippen LogP contribution in [0.25, 0.3) is 0 Å². The van der Waals surface area contributed by atoms with Crippen LogP contribution >= 0.6 is 0 Å². The first-order valence-corrected chi connectivity index (χ1v) is 11.0. The second-order valence-electron chi connectivity index (χ2n) is 6.79. The maximum atomic E-state index is 12.8. The average molecular weight is 400 g/mol. The van der Waals surface area contributed by atoms with Gasteiger partial charge in [0.15, 0.2) is 0 Å². The predicted octanol–water partition coefficient (Wildman–Crippen LogP) is 3.19. The molecule has 1 saturated heterocycles. The van der Waals surface area contributed by atoms with E-state index in [9.17, 15) is 13.2 Å². The summed E-state index contributed by atoms with van der Waals surface area (Å²) in [5, 5.41) is 3.97. The number of rotatable bonds is 6. The third-order valence-electron chi connectivity index (χ3n) is 4.82. The van der Waals surface area contributed by atoms with Crippen LogP contribution in [0.2, 0.25) is 0 Å². The lowest BCUT2D eigenvalue weighted by molar-refractivity contribution is 0.0955. The molecule has 28 heavy (non-hydrogen) atoms. The second kappa shape index (κ2) is 9.12. The van der Waals surface area contributed by atoms with Crippen LogP contribution < -0.4 is 5.43 Å². The van der Waals surface area contributed by atoms with Crippen LogP contribution in [0.4, 0.5) is 0 Å². The fraction of sp³-hybridized carbons (Fsp3) is 0.333. The minimum Gasteiger partial charge on any atom is -0.267 e. The van der Waals surface area contributed by atoms with Gasteiger partial charge in [-0.25, -0.2) is 13.8 Å². The van der Waals surface area contributed by atoms with Gasteiger partial charge in [-0.05, 0) is 48.6 Å². The molecule has 0 spiro atoms. The molecule has 0 atom stereocenters. The molecule has 1 N–H and O–H groups in total. The van der Waals surface area contributed by atoms with Crippen molar-refractivity contribution in [2.45, 2.75) is 37.5 Å². The Balaban J connectivity index is 1.68. The zero-order chi connectivity index (χ0) is 20.0. The fourth-order valence-electron chi connectivity index (χ4n) is 3.12. The van der Waals surface area contributed by atoms with Gasteiger partial charge in [0.1, 0.15) is 0 Å². The number of sulfonamides is 1. The second-order valence-corrected chi connectivity index (χ2v) is 8.72. The lowest BCUT2D eigenvalue weighted by atomic mass is 10.1. The number of amides is 1. The Morgan fingerprint density at radius 1 is 1.11 bits per heavy atom. The van der Waals surface area contributed by atoms with Crippen molar-refractivity contribution in [3.05, 3.63) is 65.2 Å². The number of benzene rings is 2. The van der Waals surface area contributed by atoms with Crippen molar-refractivity contribution >= 4 is 22.1 Å². The Bertz CT molecular complexity index is 947. The van der Waals surface area contributed by atoms with Crippen molar-refractivity contribution in [2.24, 2.45) is 5.10 Å². The highest BCUT2D eigenvalue weighted by Crippen LogP contribution is 2.21. The summed E-state index contributed by atoms with van der Waals surface area (Å²) >= 11 is 0. The van der Waals surface area contributed by atoms with E-state index in [2.05, 4.69) is 17.5 Å². The van der Waals surface area contributed by atoms with Crippen molar-refractivity contribution in [1.82, 2.24) is 9.73 Å². The molecule has 1 amide bonds. The Labute approximate surface area is 166 Å². The smallest absolute Gasteiger partial charge is 0.267 e. The Hall–Kier alpha value is -2.51. The number of carbonyl (C=O) groups excluding carboxylic acids is 1. The third kappa shape index (κ3) is 4.85. The quantitative estimate of drug-likeness (QED) is 0.598. The van der Waals surface area contributed by atoms with E-state index in [1.54, 1.807) is 18.3 Å². The molecule has 1 aliphatic rings. The number of hydrogen-bond donors (Lipinski definition) is 1. The minimum atomic E-state index is -3.57. The van der Waals surface area contributed by atoms with Gasteiger partial charge in [-0.15, -0.1) is 0 Å². The van der Waals surface area contributed by atoms with Crippen LogP contribution in [0.3, 0.4) is 0 Å². The van der Waals surface area contributed by atoms with Gasteiger partial charge in [-0.3, -0.25) is 4.79 Å². The predicted molar refractivity (Wildman–Crippen MR) is 110 cm³/mol. The molecule has 1 heterocycles. The number of nitrogens with zero attached hydrogens (tertiary/aromatic N) is 2. The van der Waals surface area contributed by atoms with Crippen molar-refractivity contribution in [3.8, 4) is 0 Å². The summed E-state index contributed by atoms with van der Waals surface area (Å²) in [6.07, 6.45) is 5.31. The summed E-state index contributed by atoms with van der Waals surface area (Å²) in [5.41, 5.74) is 4.82. The van der Waals surface area contributed by atoms with E-state index in [0.29, 0.717) is 13.1 Å². The Kier molecular flexibility index (Phi) is 6.59. The monoisotopic (exact) mass is 399 g/mol. The molecule has 2 aromatic rings. The molecule has 148 valence electrons. The van der Waals surface area contributed by atoms with Gasteiger partial charge in [0.25, 0.3) is 5.91 Å². The first-order valence-electron chi connectivity index (χ1n) is 9.53. The molecule has 0 unspecified atom stereocenters.